The van der Waals surface area contributed by atoms with Gasteiger partial charge in [-0.15, -0.1) is 0 Å². The Bertz CT molecular complexity index is 514. The molecule has 1 atom stereocenters. The summed E-state index contributed by atoms with van der Waals surface area (Å²) in [6, 6.07) is 7.30. The summed E-state index contributed by atoms with van der Waals surface area (Å²) < 4.78 is 0. The van der Waals surface area contributed by atoms with E-state index in [0.29, 0.717) is 6.54 Å². The minimum absolute atomic E-state index is 0.0384. The molecular formula is C15H21N3O2. The summed E-state index contributed by atoms with van der Waals surface area (Å²) in [5.41, 5.74) is 1.73. The average Bonchev–Trinajstić information content (AvgIpc) is 2.88. The Labute approximate surface area is 119 Å². The fraction of sp³-hybridized carbons (Fsp3) is 0.467. The van der Waals surface area contributed by atoms with Gasteiger partial charge in [0.05, 0.1) is 11.4 Å². The number of hydrogen-bond donors (Lipinski definition) is 1. The zero-order valence-corrected chi connectivity index (χ0v) is 12.2. The summed E-state index contributed by atoms with van der Waals surface area (Å²) >= 11 is 0. The third kappa shape index (κ3) is 2.92. The topological polar surface area (TPSA) is 52.7 Å². The van der Waals surface area contributed by atoms with E-state index < -0.39 is 0 Å². The lowest BCUT2D eigenvalue weighted by Crippen LogP contribution is -2.42. The summed E-state index contributed by atoms with van der Waals surface area (Å²) in [4.78, 5) is 27.5. The van der Waals surface area contributed by atoms with Crippen LogP contribution >= 0.6 is 0 Å². The summed E-state index contributed by atoms with van der Waals surface area (Å²) in [7, 11) is 3.87. The molecule has 1 heterocycles. The van der Waals surface area contributed by atoms with E-state index in [9.17, 15) is 9.59 Å². The van der Waals surface area contributed by atoms with E-state index in [1.807, 2.05) is 43.3 Å². The maximum Gasteiger partial charge on any atom is 0.247 e. The van der Waals surface area contributed by atoms with Gasteiger partial charge >= 0.3 is 0 Å². The van der Waals surface area contributed by atoms with Crippen molar-refractivity contribution in [2.24, 2.45) is 0 Å². The molecule has 0 spiro atoms. The number of anilines is 2. The van der Waals surface area contributed by atoms with Gasteiger partial charge in [0.1, 0.15) is 6.04 Å². The fourth-order valence-corrected chi connectivity index (χ4v) is 2.60. The zero-order valence-electron chi connectivity index (χ0n) is 12.2. The van der Waals surface area contributed by atoms with Gasteiger partial charge in [-0.25, -0.2) is 0 Å². The van der Waals surface area contributed by atoms with Gasteiger partial charge in [0.25, 0.3) is 0 Å². The lowest BCUT2D eigenvalue weighted by atomic mass is 10.2. The largest absolute Gasteiger partial charge is 0.376 e. The molecule has 1 aliphatic rings. The van der Waals surface area contributed by atoms with Gasteiger partial charge in [0.2, 0.25) is 11.8 Å². The number of nitrogens with one attached hydrogen (secondary N) is 1. The van der Waals surface area contributed by atoms with Crippen molar-refractivity contribution in [2.75, 3.05) is 30.9 Å². The van der Waals surface area contributed by atoms with E-state index in [-0.39, 0.29) is 17.9 Å². The number of likely N-dealkylation sites (tertiary alicyclic amines) is 1. The molecule has 2 rings (SSSR count). The Morgan fingerprint density at radius 3 is 2.65 bits per heavy atom. The average molecular weight is 275 g/mol. The number of amides is 2. The van der Waals surface area contributed by atoms with Crippen LogP contribution in [-0.2, 0) is 9.59 Å². The molecule has 108 valence electrons. The van der Waals surface area contributed by atoms with Crippen LogP contribution < -0.4 is 10.2 Å². The van der Waals surface area contributed by atoms with Crippen molar-refractivity contribution in [3.05, 3.63) is 24.3 Å². The van der Waals surface area contributed by atoms with Crippen LogP contribution in [0.1, 0.15) is 19.8 Å². The monoisotopic (exact) mass is 275 g/mol. The van der Waals surface area contributed by atoms with E-state index >= 15 is 0 Å². The number of benzene rings is 1. The first kappa shape index (κ1) is 14.4. The molecule has 20 heavy (non-hydrogen) atoms. The quantitative estimate of drug-likeness (QED) is 0.913. The van der Waals surface area contributed by atoms with Crippen molar-refractivity contribution in [2.45, 2.75) is 25.8 Å². The molecule has 1 fully saturated rings. The Hall–Kier alpha value is -2.04. The number of rotatable bonds is 3. The molecule has 1 aliphatic heterocycles. The molecule has 0 radical (unpaired) electrons. The van der Waals surface area contributed by atoms with E-state index in [1.165, 1.54) is 6.92 Å². The number of carbonyl (C=O) groups excluding carboxylic acids is 2. The Morgan fingerprint density at radius 1 is 1.30 bits per heavy atom. The summed E-state index contributed by atoms with van der Waals surface area (Å²) in [5, 5.41) is 2.94. The van der Waals surface area contributed by atoms with Gasteiger partial charge in [0.15, 0.2) is 0 Å². The van der Waals surface area contributed by atoms with Crippen LogP contribution in [0.2, 0.25) is 0 Å². The van der Waals surface area contributed by atoms with Gasteiger partial charge in [0, 0.05) is 27.6 Å². The van der Waals surface area contributed by atoms with Gasteiger partial charge in [-0.1, -0.05) is 12.1 Å². The SMILES string of the molecule is CC(=O)N1CCCC1C(=O)Nc1ccccc1N(C)C. The van der Waals surface area contributed by atoms with Crippen molar-refractivity contribution >= 4 is 23.2 Å². The van der Waals surface area contributed by atoms with Crippen molar-refractivity contribution in [3.63, 3.8) is 0 Å². The lowest BCUT2D eigenvalue weighted by Gasteiger charge is -2.24. The molecule has 1 unspecified atom stereocenters. The molecule has 1 N–H and O–H groups in total. The Morgan fingerprint density at radius 2 is 2.00 bits per heavy atom. The van der Waals surface area contributed by atoms with Crippen LogP contribution in [0.15, 0.2) is 24.3 Å². The van der Waals surface area contributed by atoms with Crippen molar-refractivity contribution < 1.29 is 9.59 Å². The first-order valence-corrected chi connectivity index (χ1v) is 6.85. The Kier molecular flexibility index (Phi) is 4.27. The third-order valence-electron chi connectivity index (χ3n) is 3.60. The molecule has 0 aromatic heterocycles. The molecule has 5 nitrogen and oxygen atoms in total. The van der Waals surface area contributed by atoms with Crippen LogP contribution in [0.5, 0.6) is 0 Å². The maximum absolute atomic E-state index is 12.4. The molecule has 0 saturated carbocycles. The zero-order chi connectivity index (χ0) is 14.7. The summed E-state index contributed by atoms with van der Waals surface area (Å²) in [6.07, 6.45) is 1.61. The molecular weight excluding hydrogens is 254 g/mol. The minimum Gasteiger partial charge on any atom is -0.376 e. The second-order valence-corrected chi connectivity index (χ2v) is 5.27. The molecule has 1 saturated heterocycles. The highest BCUT2D eigenvalue weighted by atomic mass is 16.2. The standard InChI is InChI=1S/C15H21N3O2/c1-11(19)18-10-6-9-14(18)15(20)16-12-7-4-5-8-13(12)17(2)3/h4-5,7-8,14H,6,9-10H2,1-3H3,(H,16,20). The van der Waals surface area contributed by atoms with E-state index in [0.717, 1.165) is 24.2 Å². The van der Waals surface area contributed by atoms with Gasteiger partial charge < -0.3 is 15.1 Å². The van der Waals surface area contributed by atoms with Crippen molar-refractivity contribution in [3.8, 4) is 0 Å². The van der Waals surface area contributed by atoms with Gasteiger partial charge in [-0.3, -0.25) is 9.59 Å². The normalized spacial score (nSPS) is 17.9. The smallest absolute Gasteiger partial charge is 0.247 e. The van der Waals surface area contributed by atoms with Crippen LogP contribution in [0.25, 0.3) is 0 Å². The van der Waals surface area contributed by atoms with Crippen LogP contribution in [0.3, 0.4) is 0 Å². The molecule has 2 amide bonds. The van der Waals surface area contributed by atoms with Crippen molar-refractivity contribution in [1.82, 2.24) is 4.90 Å². The first-order valence-electron chi connectivity index (χ1n) is 6.85. The first-order chi connectivity index (χ1) is 9.50. The molecule has 1 aromatic rings. The van der Waals surface area contributed by atoms with Crippen LogP contribution in [0, 0.1) is 0 Å². The third-order valence-corrected chi connectivity index (χ3v) is 3.60. The maximum atomic E-state index is 12.4. The highest BCUT2D eigenvalue weighted by Crippen LogP contribution is 2.25. The fourth-order valence-electron chi connectivity index (χ4n) is 2.60. The Balaban J connectivity index is 2.14. The van der Waals surface area contributed by atoms with Crippen molar-refractivity contribution in [1.29, 1.82) is 0 Å². The van der Waals surface area contributed by atoms with E-state index in [4.69, 9.17) is 0 Å². The number of para-hydroxylation sites is 2. The highest BCUT2D eigenvalue weighted by molar-refractivity contribution is 5.99. The summed E-state index contributed by atoms with van der Waals surface area (Å²) in [5.74, 6) is -0.143. The minimum atomic E-state index is -0.345. The molecule has 0 aliphatic carbocycles. The molecule has 1 aromatic carbocycles. The summed E-state index contributed by atoms with van der Waals surface area (Å²) in [6.45, 7) is 2.18. The predicted octanol–water partition coefficient (Wildman–Crippen LogP) is 1.70. The van der Waals surface area contributed by atoms with E-state index in [2.05, 4.69) is 5.32 Å². The van der Waals surface area contributed by atoms with Gasteiger partial charge in [-0.05, 0) is 25.0 Å². The highest BCUT2D eigenvalue weighted by Gasteiger charge is 2.32. The number of nitrogens with zero attached hydrogens (tertiary/aromatic N) is 2. The lowest BCUT2D eigenvalue weighted by molar-refractivity contribution is -0.134. The van der Waals surface area contributed by atoms with Crippen LogP contribution in [-0.4, -0.2) is 43.4 Å². The second-order valence-electron chi connectivity index (χ2n) is 5.27. The van der Waals surface area contributed by atoms with Gasteiger partial charge in [-0.2, -0.15) is 0 Å². The number of hydrogen-bond acceptors (Lipinski definition) is 3. The number of carbonyl (C=O) groups is 2. The van der Waals surface area contributed by atoms with Crippen LogP contribution in [0.4, 0.5) is 11.4 Å². The predicted molar refractivity (Wildman–Crippen MR) is 79.8 cm³/mol. The molecule has 5 heteroatoms. The van der Waals surface area contributed by atoms with E-state index in [1.54, 1.807) is 4.90 Å². The second kappa shape index (κ2) is 5.94. The molecule has 0 bridgehead atoms.